The first kappa shape index (κ1) is 14.3. The van der Waals surface area contributed by atoms with Crippen LogP contribution < -0.4 is 5.32 Å². The van der Waals surface area contributed by atoms with Crippen LogP contribution in [-0.2, 0) is 9.53 Å². The molecular weight excluding hydrogens is 252 g/mol. The molecule has 1 saturated carbocycles. The van der Waals surface area contributed by atoms with Crippen molar-refractivity contribution in [2.75, 3.05) is 39.4 Å². The summed E-state index contributed by atoms with van der Waals surface area (Å²) in [6.07, 6.45) is 8.18. The average molecular weight is 280 g/mol. The first-order chi connectivity index (χ1) is 9.76. The van der Waals surface area contributed by atoms with Crippen LogP contribution in [0.5, 0.6) is 0 Å². The third-order valence-corrected chi connectivity index (χ3v) is 5.10. The zero-order chi connectivity index (χ0) is 13.8. The van der Waals surface area contributed by atoms with Gasteiger partial charge in [-0.1, -0.05) is 0 Å². The van der Waals surface area contributed by atoms with E-state index in [0.717, 1.165) is 32.6 Å². The molecular formula is C16H28N2O2. The number of hydrogen-bond donors (Lipinski definition) is 1. The van der Waals surface area contributed by atoms with E-state index in [9.17, 15) is 4.79 Å². The molecule has 0 unspecified atom stereocenters. The number of rotatable bonds is 6. The Kier molecular flexibility index (Phi) is 4.61. The lowest BCUT2D eigenvalue weighted by Crippen LogP contribution is -2.38. The monoisotopic (exact) mass is 280 g/mol. The molecule has 4 nitrogen and oxygen atoms in total. The first-order valence-electron chi connectivity index (χ1n) is 8.33. The molecule has 1 atom stereocenters. The third kappa shape index (κ3) is 3.95. The van der Waals surface area contributed by atoms with Gasteiger partial charge in [-0.25, -0.2) is 0 Å². The fraction of sp³-hybridized carbons (Fsp3) is 0.938. The van der Waals surface area contributed by atoms with Crippen LogP contribution in [0.1, 0.15) is 44.9 Å². The third-order valence-electron chi connectivity index (χ3n) is 5.10. The molecule has 4 heteroatoms. The van der Waals surface area contributed by atoms with Crippen molar-refractivity contribution in [1.29, 1.82) is 0 Å². The summed E-state index contributed by atoms with van der Waals surface area (Å²) in [7, 11) is 0. The molecule has 3 aliphatic rings. The van der Waals surface area contributed by atoms with E-state index >= 15 is 0 Å². The van der Waals surface area contributed by atoms with E-state index in [1.807, 2.05) is 0 Å². The highest BCUT2D eigenvalue weighted by Gasteiger charge is 2.44. The molecule has 2 aliphatic heterocycles. The maximum absolute atomic E-state index is 12.0. The highest BCUT2D eigenvalue weighted by molar-refractivity contribution is 5.76. The highest BCUT2D eigenvalue weighted by Crippen LogP contribution is 2.46. The van der Waals surface area contributed by atoms with Crippen LogP contribution in [0, 0.1) is 11.3 Å². The smallest absolute Gasteiger partial charge is 0.220 e. The number of likely N-dealkylation sites (tertiary alicyclic amines) is 1. The lowest BCUT2D eigenvalue weighted by atomic mass is 9.98. The number of hydrogen-bond acceptors (Lipinski definition) is 3. The van der Waals surface area contributed by atoms with Crippen LogP contribution in [0.15, 0.2) is 0 Å². The molecule has 3 fully saturated rings. The molecule has 0 bridgehead atoms. The minimum Gasteiger partial charge on any atom is -0.381 e. The van der Waals surface area contributed by atoms with Crippen molar-refractivity contribution in [3.05, 3.63) is 0 Å². The predicted molar refractivity (Wildman–Crippen MR) is 78.5 cm³/mol. The number of nitrogens with one attached hydrogen (secondary N) is 1. The van der Waals surface area contributed by atoms with Crippen LogP contribution in [0.3, 0.4) is 0 Å². The molecule has 1 aliphatic carbocycles. The topological polar surface area (TPSA) is 41.6 Å². The summed E-state index contributed by atoms with van der Waals surface area (Å²) in [6.45, 7) is 6.24. The summed E-state index contributed by atoms with van der Waals surface area (Å²) in [5.74, 6) is 0.672. The number of carbonyl (C=O) groups excluding carboxylic acids is 1. The summed E-state index contributed by atoms with van der Waals surface area (Å²) in [5, 5.41) is 3.19. The second-order valence-electron chi connectivity index (χ2n) is 7.05. The Morgan fingerprint density at radius 1 is 1.25 bits per heavy atom. The molecule has 1 amide bonds. The molecule has 0 radical (unpaired) electrons. The van der Waals surface area contributed by atoms with Crippen LogP contribution in [0.25, 0.3) is 0 Å². The predicted octanol–water partition coefficient (Wildman–Crippen LogP) is 1.80. The molecule has 0 spiro atoms. The molecule has 2 heterocycles. The van der Waals surface area contributed by atoms with E-state index < -0.39 is 0 Å². The maximum Gasteiger partial charge on any atom is 0.220 e. The minimum atomic E-state index is 0.230. The molecule has 1 N–H and O–H groups in total. The summed E-state index contributed by atoms with van der Waals surface area (Å²) < 4.78 is 5.44. The summed E-state index contributed by atoms with van der Waals surface area (Å²) in [6, 6.07) is 0. The van der Waals surface area contributed by atoms with Crippen molar-refractivity contribution in [3.8, 4) is 0 Å². The molecule has 0 aromatic carbocycles. The lowest BCUT2D eigenvalue weighted by molar-refractivity contribution is -0.123. The quantitative estimate of drug-likeness (QED) is 0.806. The molecule has 20 heavy (non-hydrogen) atoms. The van der Waals surface area contributed by atoms with Gasteiger partial charge in [0.05, 0.1) is 0 Å². The van der Waals surface area contributed by atoms with Gasteiger partial charge in [0, 0.05) is 38.1 Å². The zero-order valence-electron chi connectivity index (χ0n) is 12.5. The fourth-order valence-electron chi connectivity index (χ4n) is 3.57. The Hall–Kier alpha value is -0.610. The van der Waals surface area contributed by atoms with E-state index in [0.29, 0.717) is 17.8 Å². The summed E-state index contributed by atoms with van der Waals surface area (Å²) in [4.78, 5) is 14.6. The van der Waals surface area contributed by atoms with Gasteiger partial charge in [0.1, 0.15) is 0 Å². The van der Waals surface area contributed by atoms with Gasteiger partial charge in [0.25, 0.3) is 0 Å². The second kappa shape index (κ2) is 6.44. The molecule has 0 aromatic rings. The second-order valence-corrected chi connectivity index (χ2v) is 7.05. The van der Waals surface area contributed by atoms with Gasteiger partial charge in [-0.05, 0) is 57.5 Å². The Morgan fingerprint density at radius 2 is 2.05 bits per heavy atom. The van der Waals surface area contributed by atoms with Gasteiger partial charge < -0.3 is 15.0 Å². The summed E-state index contributed by atoms with van der Waals surface area (Å²) >= 11 is 0. The van der Waals surface area contributed by atoms with Crippen LogP contribution in [0.4, 0.5) is 0 Å². The number of nitrogens with zero attached hydrogens (tertiary/aromatic N) is 1. The van der Waals surface area contributed by atoms with Gasteiger partial charge in [-0.3, -0.25) is 4.79 Å². The van der Waals surface area contributed by atoms with Crippen LogP contribution in [0.2, 0.25) is 0 Å². The van der Waals surface area contributed by atoms with Gasteiger partial charge in [-0.2, -0.15) is 0 Å². The molecule has 3 rings (SSSR count). The number of ether oxygens (including phenoxy) is 1. The van der Waals surface area contributed by atoms with Crippen LogP contribution >= 0.6 is 0 Å². The lowest BCUT2D eigenvalue weighted by Gasteiger charge is -2.24. The molecule has 114 valence electrons. The van der Waals surface area contributed by atoms with Crippen molar-refractivity contribution in [2.24, 2.45) is 11.3 Å². The van der Waals surface area contributed by atoms with E-state index in [4.69, 9.17) is 4.74 Å². The van der Waals surface area contributed by atoms with E-state index in [1.165, 1.54) is 45.3 Å². The van der Waals surface area contributed by atoms with E-state index in [-0.39, 0.29) is 5.91 Å². The van der Waals surface area contributed by atoms with Gasteiger partial charge >= 0.3 is 0 Å². The molecule has 2 saturated heterocycles. The SMILES string of the molecule is O=C(C[C@@H]1CCCOC1)NCC1(CN2CCCC2)CC1. The normalized spacial score (nSPS) is 29.3. The molecule has 0 aromatic heterocycles. The van der Waals surface area contributed by atoms with Crippen molar-refractivity contribution >= 4 is 5.91 Å². The Labute approximate surface area is 122 Å². The van der Waals surface area contributed by atoms with Gasteiger partial charge in [-0.15, -0.1) is 0 Å². The Morgan fingerprint density at radius 3 is 2.70 bits per heavy atom. The zero-order valence-corrected chi connectivity index (χ0v) is 12.5. The van der Waals surface area contributed by atoms with Crippen molar-refractivity contribution < 1.29 is 9.53 Å². The van der Waals surface area contributed by atoms with E-state index in [1.54, 1.807) is 0 Å². The summed E-state index contributed by atoms with van der Waals surface area (Å²) in [5.41, 5.74) is 0.406. The highest BCUT2D eigenvalue weighted by atomic mass is 16.5. The largest absolute Gasteiger partial charge is 0.381 e. The number of carbonyl (C=O) groups is 1. The van der Waals surface area contributed by atoms with E-state index in [2.05, 4.69) is 10.2 Å². The fourth-order valence-corrected chi connectivity index (χ4v) is 3.57. The van der Waals surface area contributed by atoms with Crippen molar-refractivity contribution in [2.45, 2.75) is 44.9 Å². The number of amides is 1. The average Bonchev–Trinajstić information content (AvgIpc) is 3.02. The minimum absolute atomic E-state index is 0.230. The first-order valence-corrected chi connectivity index (χ1v) is 8.33. The Bertz CT molecular complexity index is 329. The Balaban J connectivity index is 1.36. The maximum atomic E-state index is 12.0. The van der Waals surface area contributed by atoms with Gasteiger partial charge in [0.15, 0.2) is 0 Å². The van der Waals surface area contributed by atoms with Crippen molar-refractivity contribution in [1.82, 2.24) is 10.2 Å². The van der Waals surface area contributed by atoms with Crippen molar-refractivity contribution in [3.63, 3.8) is 0 Å². The standard InChI is InChI=1S/C16H28N2O2/c19-15(10-14-4-3-9-20-11-14)17-12-16(5-6-16)13-18-7-1-2-8-18/h14H,1-13H2,(H,17,19)/t14-/m0/s1. The van der Waals surface area contributed by atoms with Crippen LogP contribution in [-0.4, -0.2) is 50.2 Å². The van der Waals surface area contributed by atoms with Gasteiger partial charge in [0.2, 0.25) is 5.91 Å².